The van der Waals surface area contributed by atoms with Gasteiger partial charge in [-0.05, 0) is 72.1 Å². The molecule has 0 spiro atoms. The third kappa shape index (κ3) is 7.93. The van der Waals surface area contributed by atoms with Crippen molar-refractivity contribution < 1.29 is 33.4 Å². The van der Waals surface area contributed by atoms with Crippen LogP contribution in [0.5, 0.6) is 11.5 Å². The zero-order valence-corrected chi connectivity index (χ0v) is 35.3. The van der Waals surface area contributed by atoms with E-state index >= 15 is 0 Å². The van der Waals surface area contributed by atoms with Crippen LogP contribution in [0.4, 0.5) is 5.69 Å². The largest absolute Gasteiger partial charge is 0.492 e. The highest BCUT2D eigenvalue weighted by Gasteiger charge is 2.64. The zero-order chi connectivity index (χ0) is 43.2. The summed E-state index contributed by atoms with van der Waals surface area (Å²) in [7, 11) is 0. The minimum absolute atomic E-state index is 0.0771. The Kier molecular flexibility index (Phi) is 11.1. The van der Waals surface area contributed by atoms with Crippen LogP contribution >= 0.6 is 11.6 Å². The van der Waals surface area contributed by atoms with Gasteiger partial charge in [-0.15, -0.1) is 0 Å². The molecule has 2 saturated heterocycles. The molecule has 314 valence electrons. The smallest absolute Gasteiger partial charge is 0.262 e. The van der Waals surface area contributed by atoms with Gasteiger partial charge in [0, 0.05) is 73.3 Å². The Hall–Kier alpha value is -6.23. The van der Waals surface area contributed by atoms with Crippen LogP contribution < -0.4 is 25.0 Å². The lowest BCUT2D eigenvalue weighted by molar-refractivity contribution is -0.164. The van der Waals surface area contributed by atoms with Crippen LogP contribution in [0.25, 0.3) is 11.1 Å². The van der Waals surface area contributed by atoms with Gasteiger partial charge >= 0.3 is 0 Å². The minimum Gasteiger partial charge on any atom is -0.492 e. The first-order valence-electron chi connectivity index (χ1n) is 20.5. The number of carbonyl (C=O) groups excluding carboxylic acids is 5. The molecular formula is C47H47ClN6O7. The minimum atomic E-state index is -0.992. The molecule has 3 fully saturated rings. The van der Waals surface area contributed by atoms with Crippen LogP contribution in [-0.4, -0.2) is 96.9 Å². The van der Waals surface area contributed by atoms with Gasteiger partial charge in [-0.25, -0.2) is 0 Å². The van der Waals surface area contributed by atoms with Gasteiger partial charge in [-0.2, -0.15) is 5.26 Å². The summed E-state index contributed by atoms with van der Waals surface area (Å²) in [4.78, 5) is 69.5. The molecule has 8 rings (SSSR count). The molecule has 2 N–H and O–H groups in total. The Bertz CT molecular complexity index is 2460. The summed E-state index contributed by atoms with van der Waals surface area (Å²) < 4.78 is 12.6. The Morgan fingerprint density at radius 3 is 2.26 bits per heavy atom. The second kappa shape index (κ2) is 16.3. The number of hydrogen-bond donors (Lipinski definition) is 2. The number of amides is 5. The quantitative estimate of drug-likeness (QED) is 0.169. The molecule has 4 aromatic rings. The summed E-state index contributed by atoms with van der Waals surface area (Å²) in [5.41, 5.74) is 3.50. The van der Waals surface area contributed by atoms with Gasteiger partial charge in [-0.3, -0.25) is 39.1 Å². The predicted molar refractivity (Wildman–Crippen MR) is 229 cm³/mol. The molecule has 0 bridgehead atoms. The highest BCUT2D eigenvalue weighted by Crippen LogP contribution is 2.55. The molecule has 1 saturated carbocycles. The van der Waals surface area contributed by atoms with Gasteiger partial charge in [0.15, 0.2) is 0 Å². The van der Waals surface area contributed by atoms with E-state index in [2.05, 4.69) is 54.2 Å². The maximum Gasteiger partial charge on any atom is 0.262 e. The molecule has 0 aromatic heterocycles. The third-order valence-corrected chi connectivity index (χ3v) is 12.9. The van der Waals surface area contributed by atoms with Crippen molar-refractivity contribution in [3.05, 3.63) is 112 Å². The van der Waals surface area contributed by atoms with E-state index in [0.29, 0.717) is 28.5 Å². The van der Waals surface area contributed by atoms with E-state index in [1.807, 2.05) is 54.6 Å². The van der Waals surface area contributed by atoms with Gasteiger partial charge in [0.25, 0.3) is 17.7 Å². The van der Waals surface area contributed by atoms with E-state index < -0.39 is 29.7 Å². The predicted octanol–water partition coefficient (Wildman–Crippen LogP) is 6.09. The Morgan fingerprint density at radius 1 is 0.852 bits per heavy atom. The SMILES string of the molecule is CC1(C)[C@H](NC(=O)c2ccc(-c3cccc(OCCN4CCN(c5ccc6c(c5)C(=O)N(C5CCC(=O)NC5=O)C6=O)CC4)c3)cc2)C(C)(C)[C@H]1Oc1ccc(C#N)c(Cl)c1. The van der Waals surface area contributed by atoms with Crippen molar-refractivity contribution in [3.8, 4) is 28.7 Å². The second-order valence-electron chi connectivity index (χ2n) is 17.3. The molecule has 0 radical (unpaired) electrons. The van der Waals surface area contributed by atoms with E-state index in [1.54, 1.807) is 30.3 Å². The number of imide groups is 2. The summed E-state index contributed by atoms with van der Waals surface area (Å²) >= 11 is 6.25. The molecule has 61 heavy (non-hydrogen) atoms. The number of benzene rings is 4. The molecule has 1 atom stereocenters. The maximum absolute atomic E-state index is 13.5. The van der Waals surface area contributed by atoms with Crippen molar-refractivity contribution in [2.75, 3.05) is 44.2 Å². The number of anilines is 1. The summed E-state index contributed by atoms with van der Waals surface area (Å²) in [5.74, 6) is -0.880. The number of piperidine rings is 1. The van der Waals surface area contributed by atoms with E-state index in [-0.39, 0.29) is 52.9 Å². The molecule has 1 unspecified atom stereocenters. The summed E-state index contributed by atoms with van der Waals surface area (Å²) in [6.45, 7) is 12.5. The molecule has 3 aliphatic heterocycles. The molecular weight excluding hydrogens is 796 g/mol. The fourth-order valence-electron chi connectivity index (χ4n) is 9.57. The molecule has 14 heteroatoms. The van der Waals surface area contributed by atoms with Crippen molar-refractivity contribution >= 4 is 46.8 Å². The molecule has 3 heterocycles. The van der Waals surface area contributed by atoms with Crippen LogP contribution in [0.1, 0.15) is 77.2 Å². The summed E-state index contributed by atoms with van der Waals surface area (Å²) in [5, 5.41) is 15.0. The molecule has 1 aliphatic carbocycles. The first-order valence-corrected chi connectivity index (χ1v) is 20.9. The number of piperazine rings is 1. The number of rotatable bonds is 11. The van der Waals surface area contributed by atoms with Gasteiger partial charge in [-0.1, -0.05) is 63.6 Å². The average Bonchev–Trinajstić information content (AvgIpc) is 3.49. The Balaban J connectivity index is 0.808. The molecule has 5 amide bonds. The van der Waals surface area contributed by atoms with Gasteiger partial charge in [0.1, 0.15) is 36.3 Å². The van der Waals surface area contributed by atoms with Gasteiger partial charge < -0.3 is 19.7 Å². The standard InChI is InChI=1S/C47H47ClN6O7/c1-46(2)44(47(3,4)45(46)61-34-14-12-31(27-49)37(48)26-34)51-40(56)29-10-8-28(9-11-29)30-6-5-7-33(24-30)60-23-22-52-18-20-53(21-19-52)32-13-15-35-36(25-32)43(59)54(42(35)58)38-16-17-39(55)50-41(38)57/h5-15,24-26,38,44-45H,16-23H2,1-4H3,(H,51,56)(H,50,55,57)/t38?,44-,45-. The monoisotopic (exact) mass is 842 g/mol. The zero-order valence-electron chi connectivity index (χ0n) is 34.5. The molecule has 13 nitrogen and oxygen atoms in total. The van der Waals surface area contributed by atoms with E-state index in [0.717, 1.165) is 60.2 Å². The van der Waals surface area contributed by atoms with Crippen LogP contribution in [0.2, 0.25) is 5.02 Å². The number of nitrogens with zero attached hydrogens (tertiary/aromatic N) is 4. The lowest BCUT2D eigenvalue weighted by Crippen LogP contribution is -2.74. The number of hydrogen-bond acceptors (Lipinski definition) is 10. The second-order valence-corrected chi connectivity index (χ2v) is 17.7. The normalized spacial score (nSPS) is 21.9. The van der Waals surface area contributed by atoms with E-state index in [4.69, 9.17) is 21.1 Å². The number of nitrogens with one attached hydrogen (secondary N) is 2. The lowest BCUT2D eigenvalue weighted by Gasteiger charge is -2.63. The number of fused-ring (bicyclic) bond motifs is 1. The highest BCUT2D eigenvalue weighted by atomic mass is 35.5. The fourth-order valence-corrected chi connectivity index (χ4v) is 9.78. The Labute approximate surface area is 359 Å². The van der Waals surface area contributed by atoms with Crippen LogP contribution in [-0.2, 0) is 9.59 Å². The number of halogens is 1. The maximum atomic E-state index is 13.5. The van der Waals surface area contributed by atoms with Crippen molar-refractivity contribution in [3.63, 3.8) is 0 Å². The first-order chi connectivity index (χ1) is 29.1. The van der Waals surface area contributed by atoms with Crippen molar-refractivity contribution in [1.29, 1.82) is 5.26 Å². The van der Waals surface area contributed by atoms with Crippen LogP contribution in [0.15, 0.2) is 84.9 Å². The first kappa shape index (κ1) is 41.5. The Morgan fingerprint density at radius 2 is 1.57 bits per heavy atom. The van der Waals surface area contributed by atoms with Crippen molar-refractivity contribution in [1.82, 2.24) is 20.4 Å². The highest BCUT2D eigenvalue weighted by molar-refractivity contribution is 6.31. The fraction of sp³-hybridized carbons (Fsp3) is 0.362. The summed E-state index contributed by atoms with van der Waals surface area (Å²) in [6, 6.07) is 26.6. The molecule has 4 aromatic carbocycles. The average molecular weight is 843 g/mol. The van der Waals surface area contributed by atoms with E-state index in [1.165, 1.54) is 0 Å². The lowest BCUT2D eigenvalue weighted by atomic mass is 9.49. The topological polar surface area (TPSA) is 161 Å². The van der Waals surface area contributed by atoms with Gasteiger partial charge in [0.05, 0.1) is 21.7 Å². The summed E-state index contributed by atoms with van der Waals surface area (Å²) in [6.07, 6.45) is -0.00645. The van der Waals surface area contributed by atoms with Crippen molar-refractivity contribution in [2.24, 2.45) is 10.8 Å². The third-order valence-electron chi connectivity index (χ3n) is 12.6. The number of ether oxygens (including phenoxy) is 2. The molecule has 4 aliphatic rings. The van der Waals surface area contributed by atoms with E-state index in [9.17, 15) is 29.2 Å². The van der Waals surface area contributed by atoms with Gasteiger partial charge in [0.2, 0.25) is 11.8 Å². The van der Waals surface area contributed by atoms with Crippen LogP contribution in [0, 0.1) is 22.2 Å². The van der Waals surface area contributed by atoms with Crippen LogP contribution in [0.3, 0.4) is 0 Å². The van der Waals surface area contributed by atoms with Crippen molar-refractivity contribution in [2.45, 2.75) is 58.7 Å². The number of nitriles is 1. The number of carbonyl (C=O) groups is 5.